The number of halogens is 3. The van der Waals surface area contributed by atoms with Crippen molar-refractivity contribution in [2.24, 2.45) is 0 Å². The van der Waals surface area contributed by atoms with Crippen LogP contribution < -0.4 is 10.1 Å². The lowest BCUT2D eigenvalue weighted by atomic mass is 9.91. The van der Waals surface area contributed by atoms with Gasteiger partial charge in [-0.1, -0.05) is 6.07 Å². The Kier molecular flexibility index (Phi) is 6.00. The first kappa shape index (κ1) is 26.4. The van der Waals surface area contributed by atoms with Crippen LogP contribution in [0.15, 0.2) is 42.9 Å². The summed E-state index contributed by atoms with van der Waals surface area (Å²) in [4.78, 5) is 44.1. The van der Waals surface area contributed by atoms with Gasteiger partial charge in [0.15, 0.2) is 5.82 Å². The highest BCUT2D eigenvalue weighted by molar-refractivity contribution is 7.46. The number of alkyl halides is 2. The number of carbonyl (C=O) groups excluding carboxylic acids is 1. The first-order valence-electron chi connectivity index (χ1n) is 12.0. The Morgan fingerprint density at radius 3 is 2.60 bits per heavy atom. The molecule has 3 N–H and O–H groups in total. The van der Waals surface area contributed by atoms with E-state index < -0.39 is 43.7 Å². The van der Waals surface area contributed by atoms with E-state index in [-0.39, 0.29) is 33.9 Å². The summed E-state index contributed by atoms with van der Waals surface area (Å²) in [5.74, 6) is -1.80. The number of imidazole rings is 1. The van der Waals surface area contributed by atoms with E-state index in [1.165, 1.54) is 56.7 Å². The van der Waals surface area contributed by atoms with Crippen LogP contribution in [0.4, 0.5) is 13.2 Å². The Labute approximate surface area is 224 Å². The van der Waals surface area contributed by atoms with Crippen molar-refractivity contribution in [2.75, 3.05) is 0 Å². The third-order valence-corrected chi connectivity index (χ3v) is 7.63. The molecule has 4 heterocycles. The van der Waals surface area contributed by atoms with Gasteiger partial charge < -0.3 is 24.2 Å². The number of hydrogen-bond donors (Lipinski definition) is 3. The zero-order valence-corrected chi connectivity index (χ0v) is 21.8. The molecule has 0 unspecified atom stereocenters. The summed E-state index contributed by atoms with van der Waals surface area (Å²) < 4.78 is 64.3. The van der Waals surface area contributed by atoms with Gasteiger partial charge in [0.2, 0.25) is 0 Å². The Morgan fingerprint density at radius 1 is 1.20 bits per heavy atom. The minimum Gasteiger partial charge on any atom is -0.434 e. The smallest absolute Gasteiger partial charge is 0.434 e. The fraction of sp³-hybridized carbons (Fsp3) is 0.280. The number of nitrogens with one attached hydrogen (secondary N) is 1. The maximum Gasteiger partial charge on any atom is 0.470 e. The summed E-state index contributed by atoms with van der Waals surface area (Å²) in [5, 5.41) is 2.88. The normalized spacial score (nSPS) is 18.4. The van der Waals surface area contributed by atoms with Crippen LogP contribution in [-0.2, 0) is 14.7 Å². The maximum atomic E-state index is 15.3. The van der Waals surface area contributed by atoms with Crippen LogP contribution in [0, 0.1) is 5.82 Å². The van der Waals surface area contributed by atoms with Gasteiger partial charge in [0.25, 0.3) is 5.91 Å². The molecule has 1 aliphatic heterocycles. The highest BCUT2D eigenvalue weighted by atomic mass is 31.2. The molecule has 40 heavy (non-hydrogen) atoms. The topological polar surface area (TPSA) is 148 Å². The lowest BCUT2D eigenvalue weighted by Crippen LogP contribution is -2.27. The highest BCUT2D eigenvalue weighted by Crippen LogP contribution is 2.50. The SMILES string of the molecule is CC(C)(OP(=O)(O)O)c1ncc(-c2cn3c4c(nc3cc2F)[C@@H]2C[C@@H]4c3c(OC(F)F)cccc3C(=O)N2)cn1. The lowest BCUT2D eigenvalue weighted by molar-refractivity contribution is -0.0506. The first-order chi connectivity index (χ1) is 18.8. The van der Waals surface area contributed by atoms with Gasteiger partial charge in [-0.3, -0.25) is 9.32 Å². The van der Waals surface area contributed by atoms with Crippen LogP contribution in [-0.4, -0.2) is 41.7 Å². The molecule has 4 aromatic rings. The third-order valence-electron chi connectivity index (χ3n) is 6.94. The minimum absolute atomic E-state index is 0.0338. The van der Waals surface area contributed by atoms with E-state index in [0.717, 1.165) is 0 Å². The Hall–Kier alpha value is -3.84. The van der Waals surface area contributed by atoms with E-state index in [4.69, 9.17) is 19.0 Å². The molecule has 2 atom stereocenters. The largest absolute Gasteiger partial charge is 0.470 e. The van der Waals surface area contributed by atoms with Gasteiger partial charge in [-0.25, -0.2) is 23.9 Å². The van der Waals surface area contributed by atoms with Crippen molar-refractivity contribution in [2.45, 2.75) is 44.4 Å². The van der Waals surface area contributed by atoms with Gasteiger partial charge >= 0.3 is 14.4 Å². The molecular weight excluding hydrogens is 554 g/mol. The predicted molar refractivity (Wildman–Crippen MR) is 132 cm³/mol. The fourth-order valence-electron chi connectivity index (χ4n) is 5.41. The second kappa shape index (κ2) is 9.10. The van der Waals surface area contributed by atoms with Crippen LogP contribution in [0.5, 0.6) is 5.75 Å². The number of aromatic nitrogens is 4. The van der Waals surface area contributed by atoms with Gasteiger partial charge in [0, 0.05) is 52.8 Å². The molecular formula is C25H21F3N5O6P. The predicted octanol–water partition coefficient (Wildman–Crippen LogP) is 4.20. The molecule has 3 aromatic heterocycles. The molecule has 0 radical (unpaired) electrons. The van der Waals surface area contributed by atoms with Gasteiger partial charge in [-0.05, 0) is 32.4 Å². The van der Waals surface area contributed by atoms with Crippen molar-refractivity contribution in [3.63, 3.8) is 0 Å². The molecule has 0 saturated carbocycles. The van der Waals surface area contributed by atoms with E-state index in [9.17, 15) is 18.1 Å². The monoisotopic (exact) mass is 575 g/mol. The summed E-state index contributed by atoms with van der Waals surface area (Å²) in [6.07, 6.45) is 4.42. The molecule has 1 amide bonds. The molecule has 6 rings (SSSR count). The van der Waals surface area contributed by atoms with Crippen LogP contribution in [0.1, 0.15) is 65.4 Å². The van der Waals surface area contributed by atoms with Crippen molar-refractivity contribution in [1.82, 2.24) is 24.7 Å². The number of phosphoric acid groups is 1. The number of fused-ring (bicyclic) bond motifs is 9. The molecule has 208 valence electrons. The second-order valence-electron chi connectivity index (χ2n) is 9.94. The minimum atomic E-state index is -4.84. The molecule has 1 aliphatic carbocycles. The third kappa shape index (κ3) is 4.42. The van der Waals surface area contributed by atoms with E-state index >= 15 is 4.39 Å². The summed E-state index contributed by atoms with van der Waals surface area (Å²) in [6.45, 7) is -0.338. The summed E-state index contributed by atoms with van der Waals surface area (Å²) in [6, 6.07) is 5.06. The maximum absolute atomic E-state index is 15.3. The van der Waals surface area contributed by atoms with Crippen molar-refractivity contribution in [3.8, 4) is 16.9 Å². The van der Waals surface area contributed by atoms with Crippen LogP contribution in [0.2, 0.25) is 0 Å². The molecule has 2 bridgehead atoms. The van der Waals surface area contributed by atoms with Gasteiger partial charge in [0.05, 0.1) is 17.4 Å². The van der Waals surface area contributed by atoms with Gasteiger partial charge in [-0.15, -0.1) is 0 Å². The Bertz CT molecular complexity index is 1720. The standard InChI is InChI=1S/C25H21F3N5O6P/c1-25(2,39-40(35,36)37)23-29-8-11(9-30-23)14-10-33-18(7-15(14)26)32-20-16-6-13(21(20)33)19-12(22(34)31-16)4-3-5-17(19)38-24(27)28/h3-5,7-10,13,16,24H,6H2,1-2H3,(H,31,34)(H2,35,36,37)/t13-,16+/m1/s1. The van der Waals surface area contributed by atoms with Crippen molar-refractivity contribution < 1.29 is 41.6 Å². The van der Waals surface area contributed by atoms with E-state index in [1.54, 1.807) is 4.40 Å². The average Bonchev–Trinajstić information content (AvgIpc) is 3.33. The number of phosphoric ester groups is 1. The summed E-state index contributed by atoms with van der Waals surface area (Å²) >= 11 is 0. The van der Waals surface area contributed by atoms with Crippen LogP contribution in [0.25, 0.3) is 16.8 Å². The Balaban J connectivity index is 1.46. The number of ether oxygens (including phenoxy) is 1. The molecule has 1 aromatic carbocycles. The Morgan fingerprint density at radius 2 is 1.93 bits per heavy atom. The molecule has 2 aliphatic rings. The van der Waals surface area contributed by atoms with Crippen LogP contribution in [0.3, 0.4) is 0 Å². The number of carbonyl (C=O) groups is 1. The van der Waals surface area contributed by atoms with Gasteiger partial charge in [0.1, 0.15) is 22.8 Å². The molecule has 0 fully saturated rings. The number of rotatable bonds is 6. The zero-order chi connectivity index (χ0) is 28.6. The quantitative estimate of drug-likeness (QED) is 0.288. The number of amides is 1. The number of pyridine rings is 1. The lowest BCUT2D eigenvalue weighted by Gasteiger charge is -2.23. The van der Waals surface area contributed by atoms with E-state index in [0.29, 0.717) is 23.4 Å². The first-order valence-corrected chi connectivity index (χ1v) is 13.5. The average molecular weight is 575 g/mol. The fourth-order valence-corrected chi connectivity index (χ4v) is 6.09. The molecule has 0 saturated heterocycles. The van der Waals surface area contributed by atoms with E-state index in [2.05, 4.69) is 20.3 Å². The molecule has 15 heteroatoms. The number of nitrogens with zero attached hydrogens (tertiary/aromatic N) is 4. The molecule has 0 spiro atoms. The van der Waals surface area contributed by atoms with Crippen molar-refractivity contribution >= 4 is 19.4 Å². The van der Waals surface area contributed by atoms with Gasteiger partial charge in [-0.2, -0.15) is 8.78 Å². The summed E-state index contributed by atoms with van der Waals surface area (Å²) in [7, 11) is -4.84. The van der Waals surface area contributed by atoms with Crippen LogP contribution >= 0.6 is 7.82 Å². The summed E-state index contributed by atoms with van der Waals surface area (Å²) in [5.41, 5.74) is 0.667. The highest BCUT2D eigenvalue weighted by Gasteiger charge is 2.43. The number of hydrogen-bond acceptors (Lipinski definition) is 7. The van der Waals surface area contributed by atoms with Crippen molar-refractivity contribution in [1.29, 1.82) is 0 Å². The number of benzene rings is 1. The zero-order valence-electron chi connectivity index (χ0n) is 20.9. The van der Waals surface area contributed by atoms with E-state index in [1.807, 2.05) is 0 Å². The second-order valence-corrected chi connectivity index (χ2v) is 11.1. The molecule has 11 nitrogen and oxygen atoms in total. The van der Waals surface area contributed by atoms with Crippen molar-refractivity contribution in [3.05, 3.63) is 77.0 Å².